The van der Waals surface area contributed by atoms with Crippen LogP contribution in [-0.4, -0.2) is 26.3 Å². The molecule has 0 fully saturated rings. The highest BCUT2D eigenvalue weighted by Gasteiger charge is 2.24. The molecule has 1 aliphatic heterocycles. The minimum absolute atomic E-state index is 0.656. The molecule has 0 saturated heterocycles. The summed E-state index contributed by atoms with van der Waals surface area (Å²) in [5.74, 6) is 2.69. The Hall–Kier alpha value is -2.63. The van der Waals surface area contributed by atoms with Crippen molar-refractivity contribution in [3.63, 3.8) is 0 Å². The van der Waals surface area contributed by atoms with Gasteiger partial charge >= 0.3 is 0 Å². The molecule has 0 atom stereocenters. The van der Waals surface area contributed by atoms with Gasteiger partial charge in [0.25, 0.3) is 6.01 Å². The number of benzene rings is 1. The van der Waals surface area contributed by atoms with Crippen molar-refractivity contribution in [3.05, 3.63) is 48.1 Å². The van der Waals surface area contributed by atoms with E-state index in [0.717, 1.165) is 36.1 Å². The predicted octanol–water partition coefficient (Wildman–Crippen LogP) is 2.26. The Bertz CT molecular complexity index is 761. The maximum atomic E-state index is 5.59. The van der Waals surface area contributed by atoms with E-state index in [-0.39, 0.29) is 0 Å². The number of hydrogen-bond acceptors (Lipinski definition) is 5. The van der Waals surface area contributed by atoms with Crippen LogP contribution in [-0.2, 0) is 13.1 Å². The molecular weight excluding hydrogens is 266 g/mol. The molecule has 0 radical (unpaired) electrons. The number of fused-ring (bicyclic) bond motifs is 1. The van der Waals surface area contributed by atoms with E-state index in [1.807, 2.05) is 25.1 Å². The molecular formula is C15H15N5O. The number of anilines is 1. The summed E-state index contributed by atoms with van der Waals surface area (Å²) in [6.45, 7) is 4.23. The summed E-state index contributed by atoms with van der Waals surface area (Å²) < 4.78 is 7.76. The molecule has 0 spiro atoms. The SMILES string of the molecule is Cc1cnc(N2CCn3c(nnc3-c3ccccc3)C2)o1. The quantitative estimate of drug-likeness (QED) is 0.721. The van der Waals surface area contributed by atoms with E-state index >= 15 is 0 Å². The normalized spacial score (nSPS) is 14.2. The van der Waals surface area contributed by atoms with Gasteiger partial charge in [-0.3, -0.25) is 0 Å². The molecule has 4 rings (SSSR count). The molecule has 106 valence electrons. The number of hydrogen-bond donors (Lipinski definition) is 0. The van der Waals surface area contributed by atoms with E-state index in [9.17, 15) is 0 Å². The van der Waals surface area contributed by atoms with Crippen LogP contribution in [0.5, 0.6) is 0 Å². The third kappa shape index (κ3) is 2.08. The second-order valence-electron chi connectivity index (χ2n) is 5.13. The van der Waals surface area contributed by atoms with E-state index < -0.39 is 0 Å². The smallest absolute Gasteiger partial charge is 0.297 e. The van der Waals surface area contributed by atoms with Gasteiger partial charge in [0.15, 0.2) is 11.6 Å². The van der Waals surface area contributed by atoms with Crippen molar-refractivity contribution in [3.8, 4) is 11.4 Å². The maximum absolute atomic E-state index is 5.59. The summed E-state index contributed by atoms with van der Waals surface area (Å²) in [5, 5.41) is 8.65. The van der Waals surface area contributed by atoms with E-state index in [1.54, 1.807) is 6.20 Å². The number of nitrogens with zero attached hydrogens (tertiary/aromatic N) is 5. The van der Waals surface area contributed by atoms with Crippen molar-refractivity contribution >= 4 is 6.01 Å². The van der Waals surface area contributed by atoms with E-state index in [4.69, 9.17) is 4.42 Å². The lowest BCUT2D eigenvalue weighted by Crippen LogP contribution is -2.34. The van der Waals surface area contributed by atoms with Gasteiger partial charge in [0, 0.05) is 18.7 Å². The Morgan fingerprint density at radius 1 is 1.10 bits per heavy atom. The second kappa shape index (κ2) is 4.73. The molecule has 1 aliphatic rings. The summed E-state index contributed by atoms with van der Waals surface area (Å²) in [4.78, 5) is 6.37. The monoisotopic (exact) mass is 281 g/mol. The molecule has 6 nitrogen and oxygen atoms in total. The van der Waals surface area contributed by atoms with Gasteiger partial charge in [-0.1, -0.05) is 30.3 Å². The number of aromatic nitrogens is 4. The largest absolute Gasteiger partial charge is 0.429 e. The molecule has 0 aliphatic carbocycles. The van der Waals surface area contributed by atoms with Crippen LogP contribution >= 0.6 is 0 Å². The van der Waals surface area contributed by atoms with Gasteiger partial charge in [-0.05, 0) is 6.92 Å². The van der Waals surface area contributed by atoms with Crippen molar-refractivity contribution in [1.82, 2.24) is 19.7 Å². The van der Waals surface area contributed by atoms with Crippen LogP contribution in [0.25, 0.3) is 11.4 Å². The van der Waals surface area contributed by atoms with Crippen LogP contribution in [0.4, 0.5) is 6.01 Å². The molecule has 3 heterocycles. The van der Waals surface area contributed by atoms with E-state index in [2.05, 4.69) is 36.8 Å². The minimum atomic E-state index is 0.656. The van der Waals surface area contributed by atoms with Gasteiger partial charge in [-0.15, -0.1) is 10.2 Å². The molecule has 6 heteroatoms. The first-order chi connectivity index (χ1) is 10.3. The molecule has 2 aromatic heterocycles. The van der Waals surface area contributed by atoms with Crippen LogP contribution in [0.15, 0.2) is 40.9 Å². The molecule has 0 N–H and O–H groups in total. The summed E-state index contributed by atoms with van der Waals surface area (Å²) in [6.07, 6.45) is 1.74. The van der Waals surface area contributed by atoms with E-state index in [1.165, 1.54) is 0 Å². The van der Waals surface area contributed by atoms with Crippen molar-refractivity contribution < 1.29 is 4.42 Å². The molecule has 1 aromatic carbocycles. The second-order valence-corrected chi connectivity index (χ2v) is 5.13. The molecule has 3 aromatic rings. The van der Waals surface area contributed by atoms with Crippen molar-refractivity contribution in [2.45, 2.75) is 20.0 Å². The van der Waals surface area contributed by atoms with Crippen molar-refractivity contribution in [2.75, 3.05) is 11.4 Å². The highest BCUT2D eigenvalue weighted by atomic mass is 16.4. The maximum Gasteiger partial charge on any atom is 0.297 e. The van der Waals surface area contributed by atoms with Gasteiger partial charge in [0.1, 0.15) is 5.76 Å². The highest BCUT2D eigenvalue weighted by molar-refractivity contribution is 5.55. The third-order valence-corrected chi connectivity index (χ3v) is 3.66. The zero-order valence-electron chi connectivity index (χ0n) is 11.7. The van der Waals surface area contributed by atoms with Gasteiger partial charge in [-0.25, -0.2) is 4.98 Å². The third-order valence-electron chi connectivity index (χ3n) is 3.66. The van der Waals surface area contributed by atoms with Crippen LogP contribution in [0, 0.1) is 6.92 Å². The van der Waals surface area contributed by atoms with Crippen LogP contribution < -0.4 is 4.90 Å². The Labute approximate surface area is 122 Å². The first kappa shape index (κ1) is 12.1. The van der Waals surface area contributed by atoms with Crippen LogP contribution in [0.1, 0.15) is 11.6 Å². The first-order valence-electron chi connectivity index (χ1n) is 6.96. The summed E-state index contributed by atoms with van der Waals surface area (Å²) in [7, 11) is 0. The van der Waals surface area contributed by atoms with Crippen LogP contribution in [0.2, 0.25) is 0 Å². The molecule has 0 unspecified atom stereocenters. The molecule has 0 amide bonds. The first-order valence-corrected chi connectivity index (χ1v) is 6.96. The fourth-order valence-corrected chi connectivity index (χ4v) is 2.61. The molecule has 0 bridgehead atoms. The standard InChI is InChI=1S/C15H15N5O/c1-11-9-16-15(21-11)19-7-8-20-13(10-19)17-18-14(20)12-5-3-2-4-6-12/h2-6,9H,7-8,10H2,1H3. The van der Waals surface area contributed by atoms with Gasteiger partial charge in [0.05, 0.1) is 12.7 Å². The Morgan fingerprint density at radius 3 is 2.71 bits per heavy atom. The number of aryl methyl sites for hydroxylation is 1. The topological polar surface area (TPSA) is 60.0 Å². The highest BCUT2D eigenvalue weighted by Crippen LogP contribution is 2.24. The zero-order chi connectivity index (χ0) is 14.2. The Kier molecular flexibility index (Phi) is 2.73. The summed E-state index contributed by atoms with van der Waals surface area (Å²) in [6, 6.07) is 10.8. The Balaban J connectivity index is 1.65. The summed E-state index contributed by atoms with van der Waals surface area (Å²) in [5.41, 5.74) is 1.09. The lowest BCUT2D eigenvalue weighted by Gasteiger charge is -2.26. The number of rotatable bonds is 2. The lowest BCUT2D eigenvalue weighted by atomic mass is 10.2. The zero-order valence-corrected chi connectivity index (χ0v) is 11.7. The predicted molar refractivity (Wildman–Crippen MR) is 77.7 cm³/mol. The minimum Gasteiger partial charge on any atom is -0.429 e. The van der Waals surface area contributed by atoms with Gasteiger partial charge < -0.3 is 13.9 Å². The molecule has 21 heavy (non-hydrogen) atoms. The fraction of sp³-hybridized carbons (Fsp3) is 0.267. The molecule has 0 saturated carbocycles. The van der Waals surface area contributed by atoms with Crippen LogP contribution in [0.3, 0.4) is 0 Å². The van der Waals surface area contributed by atoms with Gasteiger partial charge in [0.2, 0.25) is 0 Å². The van der Waals surface area contributed by atoms with Crippen molar-refractivity contribution in [1.29, 1.82) is 0 Å². The Morgan fingerprint density at radius 2 is 1.95 bits per heavy atom. The van der Waals surface area contributed by atoms with Crippen molar-refractivity contribution in [2.24, 2.45) is 0 Å². The lowest BCUT2D eigenvalue weighted by molar-refractivity contribution is 0.472. The average molecular weight is 281 g/mol. The summed E-state index contributed by atoms with van der Waals surface area (Å²) >= 11 is 0. The average Bonchev–Trinajstić information content (AvgIpc) is 3.13. The number of oxazole rings is 1. The fourth-order valence-electron chi connectivity index (χ4n) is 2.61. The van der Waals surface area contributed by atoms with E-state index in [0.29, 0.717) is 12.6 Å². The van der Waals surface area contributed by atoms with Gasteiger partial charge in [-0.2, -0.15) is 0 Å².